The average Bonchev–Trinajstić information content (AvgIpc) is 2.77. The molecule has 0 atom stereocenters. The molecule has 0 unspecified atom stereocenters. The molecular weight excluding hydrogens is 376 g/mol. The first-order valence-electron chi connectivity index (χ1n) is 10.8. The fourth-order valence-electron chi connectivity index (χ4n) is 3.83. The maximum atomic E-state index is 12.6. The molecule has 1 aliphatic rings. The molecule has 2 aromatic rings. The molecule has 3 rings (SSSR count). The molecule has 0 radical (unpaired) electrons. The molecule has 1 saturated heterocycles. The van der Waals surface area contributed by atoms with Crippen molar-refractivity contribution in [2.45, 2.75) is 33.6 Å². The van der Waals surface area contributed by atoms with E-state index in [9.17, 15) is 9.59 Å². The zero-order chi connectivity index (χ0) is 21.5. The lowest BCUT2D eigenvalue weighted by atomic mass is 10.0. The third-order valence-corrected chi connectivity index (χ3v) is 5.81. The first-order valence-corrected chi connectivity index (χ1v) is 10.8. The second-order valence-corrected chi connectivity index (χ2v) is 7.77. The Morgan fingerprint density at radius 3 is 2.13 bits per heavy atom. The number of hydrogen-bond acceptors (Lipinski definition) is 3. The Hall–Kier alpha value is -3.02. The molecule has 2 aromatic carbocycles. The molecule has 1 aliphatic heterocycles. The minimum atomic E-state index is -0.259. The predicted octanol–water partition coefficient (Wildman–Crippen LogP) is 4.72. The molecular formula is C24H32N4O2. The zero-order valence-corrected chi connectivity index (χ0v) is 18.1. The lowest BCUT2D eigenvalue weighted by Crippen LogP contribution is -2.50. The van der Waals surface area contributed by atoms with Gasteiger partial charge in [0.25, 0.3) is 0 Å². The van der Waals surface area contributed by atoms with E-state index in [0.29, 0.717) is 5.91 Å². The first kappa shape index (κ1) is 21.7. The number of rotatable bonds is 6. The third-order valence-electron chi connectivity index (χ3n) is 5.81. The van der Waals surface area contributed by atoms with Gasteiger partial charge in [0.1, 0.15) is 0 Å². The number of aryl methyl sites for hydroxylation is 1. The van der Waals surface area contributed by atoms with Gasteiger partial charge in [-0.25, -0.2) is 4.79 Å². The molecule has 1 heterocycles. The van der Waals surface area contributed by atoms with Gasteiger partial charge in [-0.15, -0.1) is 0 Å². The smallest absolute Gasteiger partial charge is 0.323 e. The molecule has 0 saturated carbocycles. The van der Waals surface area contributed by atoms with Crippen LogP contribution in [0.25, 0.3) is 0 Å². The number of nitrogens with zero attached hydrogens (tertiary/aromatic N) is 2. The summed E-state index contributed by atoms with van der Waals surface area (Å²) in [5, 5.41) is 5.75. The first-order chi connectivity index (χ1) is 14.5. The van der Waals surface area contributed by atoms with Crippen LogP contribution in [0.15, 0.2) is 48.5 Å². The molecule has 30 heavy (non-hydrogen) atoms. The van der Waals surface area contributed by atoms with E-state index in [2.05, 4.69) is 29.4 Å². The highest BCUT2D eigenvalue weighted by Crippen LogP contribution is 2.21. The van der Waals surface area contributed by atoms with Crippen molar-refractivity contribution in [3.05, 3.63) is 54.1 Å². The number of amides is 3. The van der Waals surface area contributed by atoms with Crippen molar-refractivity contribution in [2.24, 2.45) is 5.92 Å². The van der Waals surface area contributed by atoms with Crippen LogP contribution < -0.4 is 15.5 Å². The third kappa shape index (κ3) is 5.32. The van der Waals surface area contributed by atoms with Gasteiger partial charge in [-0.2, -0.15) is 0 Å². The minimum absolute atomic E-state index is 0.146. The summed E-state index contributed by atoms with van der Waals surface area (Å²) in [7, 11) is 0. The van der Waals surface area contributed by atoms with Crippen LogP contribution in [0.2, 0.25) is 0 Å². The summed E-state index contributed by atoms with van der Waals surface area (Å²) >= 11 is 0. The van der Waals surface area contributed by atoms with E-state index in [4.69, 9.17) is 0 Å². The van der Waals surface area contributed by atoms with Crippen LogP contribution in [0, 0.1) is 12.8 Å². The summed E-state index contributed by atoms with van der Waals surface area (Å²) in [5.41, 5.74) is 3.67. The van der Waals surface area contributed by atoms with Gasteiger partial charge in [-0.3, -0.25) is 4.79 Å². The van der Waals surface area contributed by atoms with Crippen LogP contribution in [-0.4, -0.2) is 43.0 Å². The lowest BCUT2D eigenvalue weighted by Gasteiger charge is -2.37. The van der Waals surface area contributed by atoms with Crippen molar-refractivity contribution in [1.82, 2.24) is 4.90 Å². The van der Waals surface area contributed by atoms with E-state index in [1.165, 1.54) is 0 Å². The van der Waals surface area contributed by atoms with Gasteiger partial charge in [-0.05, 0) is 55.7 Å². The van der Waals surface area contributed by atoms with Crippen molar-refractivity contribution >= 4 is 29.0 Å². The maximum absolute atomic E-state index is 12.6. The number of piperazine rings is 1. The highest BCUT2D eigenvalue weighted by atomic mass is 16.2. The Kier molecular flexibility index (Phi) is 7.33. The summed E-state index contributed by atoms with van der Waals surface area (Å²) in [5.74, 6) is 0.437. The molecule has 0 bridgehead atoms. The van der Waals surface area contributed by atoms with Crippen molar-refractivity contribution in [2.75, 3.05) is 41.7 Å². The normalized spacial score (nSPS) is 14.0. The van der Waals surface area contributed by atoms with Crippen molar-refractivity contribution in [3.63, 3.8) is 0 Å². The number of anilines is 3. The highest BCUT2D eigenvalue weighted by molar-refractivity contribution is 6.00. The van der Waals surface area contributed by atoms with Crippen LogP contribution in [-0.2, 0) is 4.79 Å². The molecule has 3 amide bonds. The summed E-state index contributed by atoms with van der Waals surface area (Å²) in [4.78, 5) is 29.1. The molecule has 0 aromatic heterocycles. The quantitative estimate of drug-likeness (QED) is 0.727. The monoisotopic (exact) mass is 408 g/mol. The molecule has 160 valence electrons. The fraction of sp³-hybridized carbons (Fsp3) is 0.417. The van der Waals surface area contributed by atoms with E-state index in [1.54, 1.807) is 0 Å². The second-order valence-electron chi connectivity index (χ2n) is 7.77. The van der Waals surface area contributed by atoms with Crippen LogP contribution in [0.4, 0.5) is 21.9 Å². The van der Waals surface area contributed by atoms with Crippen molar-refractivity contribution < 1.29 is 9.59 Å². The average molecular weight is 409 g/mol. The van der Waals surface area contributed by atoms with E-state index in [-0.39, 0.29) is 11.9 Å². The maximum Gasteiger partial charge on any atom is 0.323 e. The summed E-state index contributed by atoms with van der Waals surface area (Å²) in [6, 6.07) is 15.3. The van der Waals surface area contributed by atoms with Gasteiger partial charge in [-0.1, -0.05) is 32.0 Å². The molecule has 6 nitrogen and oxygen atoms in total. The molecule has 0 aliphatic carbocycles. The van der Waals surface area contributed by atoms with Gasteiger partial charge >= 0.3 is 6.03 Å². The van der Waals surface area contributed by atoms with Gasteiger partial charge < -0.3 is 20.4 Å². The van der Waals surface area contributed by atoms with Crippen LogP contribution in [0.3, 0.4) is 0 Å². The van der Waals surface area contributed by atoms with Gasteiger partial charge in [0.2, 0.25) is 5.91 Å². The highest BCUT2D eigenvalue weighted by Gasteiger charge is 2.25. The SMILES string of the molecule is CCC(CC)C(=O)N1CCN(c2ccc(NC(=O)Nc3ccccc3C)cc2)CC1. The number of benzene rings is 2. The summed E-state index contributed by atoms with van der Waals surface area (Å²) in [6.45, 7) is 9.29. The van der Waals surface area contributed by atoms with Crippen LogP contribution in [0.5, 0.6) is 0 Å². The summed E-state index contributed by atoms with van der Waals surface area (Å²) < 4.78 is 0. The largest absolute Gasteiger partial charge is 0.368 e. The van der Waals surface area contributed by atoms with Gasteiger partial charge in [0, 0.05) is 49.2 Å². The van der Waals surface area contributed by atoms with Crippen molar-refractivity contribution in [1.29, 1.82) is 0 Å². The number of para-hydroxylation sites is 1. The Bertz CT molecular complexity index is 854. The Morgan fingerprint density at radius 1 is 0.900 bits per heavy atom. The standard InChI is InChI=1S/C24H32N4O2/c1-4-19(5-2)23(29)28-16-14-27(15-17-28)21-12-10-20(11-13-21)25-24(30)26-22-9-7-6-8-18(22)3/h6-13,19H,4-5,14-17H2,1-3H3,(H2,25,26,30). The molecule has 2 N–H and O–H groups in total. The number of nitrogens with one attached hydrogen (secondary N) is 2. The number of urea groups is 1. The lowest BCUT2D eigenvalue weighted by molar-refractivity contribution is -0.136. The van der Waals surface area contributed by atoms with Crippen molar-refractivity contribution in [3.8, 4) is 0 Å². The zero-order valence-electron chi connectivity index (χ0n) is 18.1. The number of hydrogen-bond donors (Lipinski definition) is 2. The molecule has 0 spiro atoms. The minimum Gasteiger partial charge on any atom is -0.368 e. The van der Waals surface area contributed by atoms with E-state index in [0.717, 1.165) is 61.6 Å². The van der Waals surface area contributed by atoms with Gasteiger partial charge in [0.15, 0.2) is 0 Å². The van der Waals surface area contributed by atoms with E-state index < -0.39 is 0 Å². The van der Waals surface area contributed by atoms with E-state index in [1.807, 2.05) is 60.4 Å². The predicted molar refractivity (Wildman–Crippen MR) is 123 cm³/mol. The second kappa shape index (κ2) is 10.1. The Morgan fingerprint density at radius 2 is 1.53 bits per heavy atom. The number of carbonyl (C=O) groups is 2. The van der Waals surface area contributed by atoms with Crippen LogP contribution in [0.1, 0.15) is 32.3 Å². The molecule has 6 heteroatoms. The van der Waals surface area contributed by atoms with Crippen LogP contribution >= 0.6 is 0 Å². The summed E-state index contributed by atoms with van der Waals surface area (Å²) in [6.07, 6.45) is 1.81. The number of carbonyl (C=O) groups excluding carboxylic acids is 2. The topological polar surface area (TPSA) is 64.7 Å². The fourth-order valence-corrected chi connectivity index (χ4v) is 3.83. The Labute approximate surface area is 179 Å². The van der Waals surface area contributed by atoms with Gasteiger partial charge in [0.05, 0.1) is 0 Å². The Balaban J connectivity index is 1.52. The van der Waals surface area contributed by atoms with E-state index >= 15 is 0 Å². The molecule has 1 fully saturated rings.